The van der Waals surface area contributed by atoms with Crippen LogP contribution in [0.3, 0.4) is 0 Å². The van der Waals surface area contributed by atoms with E-state index in [4.69, 9.17) is 18.9 Å². The molecule has 0 amide bonds. The molecule has 0 radical (unpaired) electrons. The van der Waals surface area contributed by atoms with Crippen LogP contribution in [0.2, 0.25) is 0 Å². The summed E-state index contributed by atoms with van der Waals surface area (Å²) >= 11 is 1.18. The third-order valence-electron chi connectivity index (χ3n) is 4.89. The number of nitrogens with zero attached hydrogens (tertiary/aromatic N) is 1. The van der Waals surface area contributed by atoms with E-state index in [0.29, 0.717) is 26.3 Å². The minimum Gasteiger partial charge on any atom is -0.493 e. The molecule has 0 fully saturated rings. The summed E-state index contributed by atoms with van der Waals surface area (Å²) in [6.45, 7) is 2.15. The number of carbonyl (C=O) groups excluding carboxylic acids is 2. The lowest BCUT2D eigenvalue weighted by Crippen LogP contribution is -2.32. The number of methoxy groups -OCH3 is 3. The van der Waals surface area contributed by atoms with Crippen LogP contribution in [0, 0.1) is 0 Å². The molecule has 0 aliphatic heterocycles. The predicted octanol–water partition coefficient (Wildman–Crippen LogP) is 1.93. The van der Waals surface area contributed by atoms with Gasteiger partial charge < -0.3 is 18.9 Å². The van der Waals surface area contributed by atoms with Crippen LogP contribution >= 0.6 is 11.3 Å². The molecule has 1 heterocycles. The zero-order valence-electron chi connectivity index (χ0n) is 19.3. The molecule has 0 atom stereocenters. The number of aromatic nitrogens is 1. The molecule has 0 aliphatic rings. The summed E-state index contributed by atoms with van der Waals surface area (Å²) in [6.07, 6.45) is 3.04. The first-order chi connectivity index (χ1) is 16.4. The normalized spacial score (nSPS) is 11.9. The van der Waals surface area contributed by atoms with Crippen LogP contribution in [0.4, 0.5) is 0 Å². The van der Waals surface area contributed by atoms with Crippen molar-refractivity contribution in [3.8, 4) is 11.5 Å². The molecule has 2 aromatic carbocycles. The van der Waals surface area contributed by atoms with Crippen LogP contribution in [0.5, 0.6) is 11.5 Å². The van der Waals surface area contributed by atoms with Crippen molar-refractivity contribution in [1.82, 2.24) is 4.57 Å². The van der Waals surface area contributed by atoms with Gasteiger partial charge in [-0.05, 0) is 48.4 Å². The maximum atomic E-state index is 13.3. The van der Waals surface area contributed by atoms with E-state index >= 15 is 0 Å². The molecule has 0 spiro atoms. The standard InChI is InChI=1S/C25H25NO7S/c1-5-33-23(27)14-22-26(15-16-6-9-18(10-7-16)25(29)32-4)24(28)21(34-22)13-17-8-11-19(30-2)20(12-17)31-3/h6-14H,5,15H2,1-4H3/b21-13-,22-14-. The fraction of sp³-hybridized carbons (Fsp3) is 0.240. The first kappa shape index (κ1) is 24.8. The molecule has 8 nitrogen and oxygen atoms in total. The molecule has 34 heavy (non-hydrogen) atoms. The van der Waals surface area contributed by atoms with E-state index in [1.54, 1.807) is 56.5 Å². The van der Waals surface area contributed by atoms with Crippen molar-refractivity contribution in [3.63, 3.8) is 0 Å². The van der Waals surface area contributed by atoms with Crippen LogP contribution < -0.4 is 24.2 Å². The summed E-state index contributed by atoms with van der Waals surface area (Å²) in [4.78, 5) is 37.1. The van der Waals surface area contributed by atoms with Gasteiger partial charge in [-0.25, -0.2) is 9.59 Å². The van der Waals surface area contributed by atoms with E-state index in [9.17, 15) is 14.4 Å². The molecule has 0 aliphatic carbocycles. The molecule has 178 valence electrons. The molecule has 9 heteroatoms. The summed E-state index contributed by atoms with van der Waals surface area (Å²) in [5, 5.41) is 0. The Hall–Kier alpha value is -3.85. The van der Waals surface area contributed by atoms with Crippen molar-refractivity contribution >= 4 is 35.4 Å². The molecule has 1 aromatic heterocycles. The van der Waals surface area contributed by atoms with Gasteiger partial charge in [-0.3, -0.25) is 9.36 Å². The second kappa shape index (κ2) is 11.3. The number of hydrogen-bond donors (Lipinski definition) is 0. The van der Waals surface area contributed by atoms with Crippen LogP contribution in [-0.4, -0.2) is 44.4 Å². The summed E-state index contributed by atoms with van der Waals surface area (Å²) in [7, 11) is 4.40. The van der Waals surface area contributed by atoms with E-state index in [0.717, 1.165) is 11.1 Å². The first-order valence-electron chi connectivity index (χ1n) is 10.4. The largest absolute Gasteiger partial charge is 0.493 e. The first-order valence-corrected chi connectivity index (χ1v) is 11.2. The van der Waals surface area contributed by atoms with E-state index in [1.807, 2.05) is 6.07 Å². The Morgan fingerprint density at radius 2 is 1.71 bits per heavy atom. The van der Waals surface area contributed by atoms with Gasteiger partial charge in [0.15, 0.2) is 11.5 Å². The minimum atomic E-state index is -0.531. The lowest BCUT2D eigenvalue weighted by Gasteiger charge is -2.07. The second-order valence-corrected chi connectivity index (χ2v) is 8.10. The van der Waals surface area contributed by atoms with Crippen molar-refractivity contribution in [1.29, 1.82) is 0 Å². The number of thiazole rings is 1. The average Bonchev–Trinajstić information content (AvgIpc) is 3.12. The topological polar surface area (TPSA) is 93.1 Å². The van der Waals surface area contributed by atoms with Gasteiger partial charge in [0.05, 0.1) is 50.7 Å². The Bertz CT molecular complexity index is 1350. The molecular weight excluding hydrogens is 458 g/mol. The van der Waals surface area contributed by atoms with E-state index in [2.05, 4.69) is 0 Å². The Balaban J connectivity index is 2.08. The number of esters is 2. The highest BCUT2D eigenvalue weighted by Gasteiger charge is 2.10. The van der Waals surface area contributed by atoms with Gasteiger partial charge in [-0.2, -0.15) is 0 Å². The molecular formula is C25H25NO7S. The SMILES string of the molecule is CCOC(=O)/C=c1\s/c(=C\c2ccc(OC)c(OC)c2)c(=O)n1Cc1ccc(C(=O)OC)cc1. The molecule has 0 unspecified atom stereocenters. The second-order valence-electron chi connectivity index (χ2n) is 7.04. The van der Waals surface area contributed by atoms with Gasteiger partial charge in [0.1, 0.15) is 4.66 Å². The van der Waals surface area contributed by atoms with Gasteiger partial charge >= 0.3 is 11.9 Å². The highest BCUT2D eigenvalue weighted by Crippen LogP contribution is 2.27. The predicted molar refractivity (Wildman–Crippen MR) is 129 cm³/mol. The molecule has 0 saturated carbocycles. The molecule has 0 saturated heterocycles. The third kappa shape index (κ3) is 5.74. The van der Waals surface area contributed by atoms with Crippen molar-refractivity contribution in [3.05, 3.63) is 78.7 Å². The fourth-order valence-electron chi connectivity index (χ4n) is 3.22. The number of benzene rings is 2. The number of carbonyl (C=O) groups is 2. The highest BCUT2D eigenvalue weighted by atomic mass is 32.1. The lowest BCUT2D eigenvalue weighted by molar-refractivity contribution is -0.135. The number of ether oxygens (including phenoxy) is 4. The average molecular weight is 484 g/mol. The zero-order chi connectivity index (χ0) is 24.7. The van der Waals surface area contributed by atoms with Gasteiger partial charge in [-0.1, -0.05) is 18.2 Å². The summed E-state index contributed by atoms with van der Waals surface area (Å²) < 4.78 is 22.8. The van der Waals surface area contributed by atoms with Crippen LogP contribution in [-0.2, 0) is 20.8 Å². The zero-order valence-corrected chi connectivity index (χ0v) is 20.1. The Morgan fingerprint density at radius 3 is 2.32 bits per heavy atom. The van der Waals surface area contributed by atoms with Crippen LogP contribution in [0.1, 0.15) is 28.4 Å². The molecule has 3 rings (SSSR count). The van der Waals surface area contributed by atoms with Gasteiger partial charge in [-0.15, -0.1) is 11.3 Å². The Labute approximate surface area is 200 Å². The molecule has 3 aromatic rings. The van der Waals surface area contributed by atoms with Crippen LogP contribution in [0.15, 0.2) is 47.3 Å². The van der Waals surface area contributed by atoms with E-state index < -0.39 is 11.9 Å². The van der Waals surface area contributed by atoms with Gasteiger partial charge in [0.25, 0.3) is 5.56 Å². The van der Waals surface area contributed by atoms with Crippen molar-refractivity contribution in [2.45, 2.75) is 13.5 Å². The fourth-order valence-corrected chi connectivity index (χ4v) is 4.25. The van der Waals surface area contributed by atoms with Crippen molar-refractivity contribution in [2.75, 3.05) is 27.9 Å². The Kier molecular flexibility index (Phi) is 8.26. The number of hydrogen-bond acceptors (Lipinski definition) is 8. The summed E-state index contributed by atoms with van der Waals surface area (Å²) in [5.41, 5.74) is 1.68. The smallest absolute Gasteiger partial charge is 0.337 e. The van der Waals surface area contributed by atoms with E-state index in [-0.39, 0.29) is 18.7 Å². The minimum absolute atomic E-state index is 0.210. The Morgan fingerprint density at radius 1 is 1.00 bits per heavy atom. The summed E-state index contributed by atoms with van der Waals surface area (Å²) in [5.74, 6) is 0.144. The monoisotopic (exact) mass is 483 g/mol. The highest BCUT2D eigenvalue weighted by molar-refractivity contribution is 7.07. The lowest BCUT2D eigenvalue weighted by atomic mass is 10.1. The van der Waals surface area contributed by atoms with Gasteiger partial charge in [0, 0.05) is 0 Å². The molecule has 0 bridgehead atoms. The van der Waals surface area contributed by atoms with E-state index in [1.165, 1.54) is 36.2 Å². The number of rotatable bonds is 8. The van der Waals surface area contributed by atoms with Crippen molar-refractivity contribution < 1.29 is 28.5 Å². The molecule has 0 N–H and O–H groups in total. The van der Waals surface area contributed by atoms with Crippen molar-refractivity contribution in [2.24, 2.45) is 0 Å². The van der Waals surface area contributed by atoms with Gasteiger partial charge in [0.2, 0.25) is 0 Å². The van der Waals surface area contributed by atoms with Crippen LogP contribution in [0.25, 0.3) is 12.2 Å². The quantitative estimate of drug-likeness (QED) is 0.452. The maximum absolute atomic E-state index is 13.3. The third-order valence-corrected chi connectivity index (χ3v) is 5.95. The maximum Gasteiger partial charge on any atom is 0.337 e. The summed E-state index contributed by atoms with van der Waals surface area (Å²) in [6, 6.07) is 12.1.